The third kappa shape index (κ3) is 4.57. The first-order valence-corrected chi connectivity index (χ1v) is 11.3. The van der Waals surface area contributed by atoms with Gasteiger partial charge in [0.2, 0.25) is 11.0 Å². The summed E-state index contributed by atoms with van der Waals surface area (Å²) in [6, 6.07) is 19.3. The Labute approximate surface area is 178 Å². The van der Waals surface area contributed by atoms with Crippen molar-refractivity contribution in [2.45, 2.75) is 41.8 Å². The molecule has 1 heterocycles. The van der Waals surface area contributed by atoms with E-state index in [4.69, 9.17) is 0 Å². The molecule has 2 aromatic carbocycles. The largest absolute Gasteiger partial charge is 0.293 e. The van der Waals surface area contributed by atoms with Crippen LogP contribution in [0.2, 0.25) is 0 Å². The van der Waals surface area contributed by atoms with Crippen LogP contribution in [0.3, 0.4) is 0 Å². The fourth-order valence-corrected chi connectivity index (χ4v) is 5.27. The molecule has 1 aliphatic carbocycles. The van der Waals surface area contributed by atoms with E-state index >= 15 is 0 Å². The molecule has 7 heteroatoms. The molecule has 1 fully saturated rings. The summed E-state index contributed by atoms with van der Waals surface area (Å²) >= 11 is 2.77. The van der Waals surface area contributed by atoms with E-state index < -0.39 is 5.25 Å². The Morgan fingerprint density at radius 3 is 2.34 bits per heavy atom. The highest BCUT2D eigenvalue weighted by Gasteiger charge is 2.35. The van der Waals surface area contributed by atoms with Crippen LogP contribution >= 0.6 is 23.1 Å². The van der Waals surface area contributed by atoms with E-state index in [0.29, 0.717) is 21.5 Å². The Morgan fingerprint density at radius 1 is 1.07 bits per heavy atom. The molecule has 0 saturated heterocycles. The number of carbonyl (C=O) groups is 2. The number of ketones is 1. The lowest BCUT2D eigenvalue weighted by molar-refractivity contribution is -0.118. The number of rotatable bonds is 8. The van der Waals surface area contributed by atoms with Crippen molar-refractivity contribution in [1.29, 1.82) is 0 Å². The SMILES string of the molecule is CCC(=O)N(c1nnc(SC(C(=O)c2ccccc2)c2ccccc2)s1)C1CC1. The summed E-state index contributed by atoms with van der Waals surface area (Å²) in [5.74, 6) is 0.0994. The average molecular weight is 424 g/mol. The van der Waals surface area contributed by atoms with Crippen molar-refractivity contribution >= 4 is 39.9 Å². The van der Waals surface area contributed by atoms with Gasteiger partial charge >= 0.3 is 0 Å². The number of anilines is 1. The number of hydrogen-bond acceptors (Lipinski definition) is 6. The summed E-state index contributed by atoms with van der Waals surface area (Å²) in [4.78, 5) is 27.4. The topological polar surface area (TPSA) is 63.2 Å². The van der Waals surface area contributed by atoms with E-state index in [9.17, 15) is 9.59 Å². The molecule has 3 aromatic rings. The van der Waals surface area contributed by atoms with Crippen molar-refractivity contribution in [1.82, 2.24) is 10.2 Å². The Hall–Kier alpha value is -2.51. The standard InChI is InChI=1S/C22H21N3O2S2/c1-2-18(26)25(17-13-14-17)21-23-24-22(29-21)28-20(16-11-7-4-8-12-16)19(27)15-9-5-3-6-10-15/h3-12,17,20H,2,13-14H2,1H3. The van der Waals surface area contributed by atoms with E-state index in [2.05, 4.69) is 10.2 Å². The quantitative estimate of drug-likeness (QED) is 0.284. The van der Waals surface area contributed by atoms with Crippen LogP contribution in [0.25, 0.3) is 0 Å². The van der Waals surface area contributed by atoms with E-state index in [1.54, 1.807) is 4.90 Å². The third-order valence-electron chi connectivity index (χ3n) is 4.70. The van der Waals surface area contributed by atoms with E-state index in [1.807, 2.05) is 67.6 Å². The van der Waals surface area contributed by atoms with Gasteiger partial charge in [0.05, 0.1) is 5.25 Å². The zero-order valence-electron chi connectivity index (χ0n) is 16.0. The van der Waals surface area contributed by atoms with Crippen molar-refractivity contribution < 1.29 is 9.59 Å². The number of thioether (sulfide) groups is 1. The summed E-state index contributed by atoms with van der Waals surface area (Å²) in [5, 5.41) is 8.76. The average Bonchev–Trinajstić information content (AvgIpc) is 3.50. The second kappa shape index (κ2) is 8.88. The zero-order chi connectivity index (χ0) is 20.2. The van der Waals surface area contributed by atoms with Crippen LogP contribution in [-0.2, 0) is 4.79 Å². The molecule has 1 aromatic heterocycles. The van der Waals surface area contributed by atoms with E-state index in [-0.39, 0.29) is 17.7 Å². The lowest BCUT2D eigenvalue weighted by atomic mass is 10.0. The molecular formula is C22H21N3O2S2. The molecule has 0 aliphatic heterocycles. The van der Waals surface area contributed by atoms with Gasteiger partial charge in [0.25, 0.3) is 0 Å². The minimum Gasteiger partial charge on any atom is -0.293 e. The van der Waals surface area contributed by atoms with Crippen LogP contribution < -0.4 is 4.90 Å². The van der Waals surface area contributed by atoms with Gasteiger partial charge < -0.3 is 0 Å². The predicted molar refractivity (Wildman–Crippen MR) is 117 cm³/mol. The van der Waals surface area contributed by atoms with Gasteiger partial charge in [0.1, 0.15) is 0 Å². The number of nitrogens with zero attached hydrogens (tertiary/aromatic N) is 3. The highest BCUT2D eigenvalue weighted by molar-refractivity contribution is 8.02. The van der Waals surface area contributed by atoms with Crippen LogP contribution in [0.15, 0.2) is 65.0 Å². The maximum Gasteiger partial charge on any atom is 0.228 e. The lowest BCUT2D eigenvalue weighted by Gasteiger charge is -2.17. The Kier molecular flexibility index (Phi) is 6.06. The van der Waals surface area contributed by atoms with Crippen LogP contribution in [-0.4, -0.2) is 27.9 Å². The summed E-state index contributed by atoms with van der Waals surface area (Å²) in [7, 11) is 0. The summed E-state index contributed by atoms with van der Waals surface area (Å²) in [5.41, 5.74) is 1.59. The number of hydrogen-bond donors (Lipinski definition) is 0. The number of benzene rings is 2. The molecule has 148 valence electrons. The molecule has 0 spiro atoms. The van der Waals surface area contributed by atoms with Gasteiger partial charge in [-0.15, -0.1) is 10.2 Å². The molecule has 0 radical (unpaired) electrons. The van der Waals surface area contributed by atoms with Gasteiger partial charge in [-0.25, -0.2) is 0 Å². The Bertz CT molecular complexity index is 988. The Balaban J connectivity index is 1.61. The van der Waals surface area contributed by atoms with Gasteiger partial charge in [-0.2, -0.15) is 0 Å². The van der Waals surface area contributed by atoms with Crippen molar-refractivity contribution in [2.24, 2.45) is 0 Å². The molecule has 0 N–H and O–H groups in total. The van der Waals surface area contributed by atoms with Crippen molar-refractivity contribution in [2.75, 3.05) is 4.90 Å². The van der Waals surface area contributed by atoms with Crippen LogP contribution in [0.5, 0.6) is 0 Å². The minimum absolute atomic E-state index is 0.0298. The van der Waals surface area contributed by atoms with Crippen LogP contribution in [0.4, 0.5) is 5.13 Å². The molecule has 4 rings (SSSR count). The zero-order valence-corrected chi connectivity index (χ0v) is 17.7. The van der Waals surface area contributed by atoms with Crippen molar-refractivity contribution in [3.63, 3.8) is 0 Å². The fraction of sp³-hybridized carbons (Fsp3) is 0.273. The van der Waals surface area contributed by atoms with Crippen LogP contribution in [0, 0.1) is 0 Å². The Morgan fingerprint density at radius 2 is 1.72 bits per heavy atom. The molecule has 0 bridgehead atoms. The molecule has 1 amide bonds. The molecule has 1 saturated carbocycles. The normalized spacial score (nSPS) is 14.4. The number of carbonyl (C=O) groups excluding carboxylic acids is 2. The molecule has 5 nitrogen and oxygen atoms in total. The van der Waals surface area contributed by atoms with Gasteiger partial charge in [0, 0.05) is 18.0 Å². The van der Waals surface area contributed by atoms with Crippen molar-refractivity contribution in [3.8, 4) is 0 Å². The van der Waals surface area contributed by atoms with Crippen LogP contribution in [0.1, 0.15) is 47.4 Å². The molecule has 1 unspecified atom stereocenters. The molecule has 29 heavy (non-hydrogen) atoms. The predicted octanol–water partition coefficient (Wildman–Crippen LogP) is 5.16. The molecular weight excluding hydrogens is 402 g/mol. The second-order valence-electron chi connectivity index (χ2n) is 6.84. The number of amides is 1. The van der Waals surface area contributed by atoms with E-state index in [0.717, 1.165) is 18.4 Å². The third-order valence-corrected chi connectivity index (χ3v) is 6.96. The maximum absolute atomic E-state index is 13.2. The molecule has 1 aliphatic rings. The van der Waals surface area contributed by atoms with Gasteiger partial charge in [-0.3, -0.25) is 14.5 Å². The maximum atomic E-state index is 13.2. The smallest absolute Gasteiger partial charge is 0.228 e. The number of Topliss-reactive ketones (excluding diaryl/α,β-unsaturated/α-hetero) is 1. The highest BCUT2D eigenvalue weighted by Crippen LogP contribution is 2.42. The summed E-state index contributed by atoms with van der Waals surface area (Å²) < 4.78 is 0.688. The summed E-state index contributed by atoms with van der Waals surface area (Å²) in [6.45, 7) is 1.86. The van der Waals surface area contributed by atoms with Crippen molar-refractivity contribution in [3.05, 3.63) is 71.8 Å². The highest BCUT2D eigenvalue weighted by atomic mass is 32.2. The number of aromatic nitrogens is 2. The fourth-order valence-electron chi connectivity index (χ4n) is 3.07. The first kappa shape index (κ1) is 19.8. The second-order valence-corrected chi connectivity index (χ2v) is 9.15. The first-order valence-electron chi connectivity index (χ1n) is 9.63. The first-order chi connectivity index (χ1) is 14.2. The summed E-state index contributed by atoms with van der Waals surface area (Å²) in [6.07, 6.45) is 2.46. The van der Waals surface area contributed by atoms with Gasteiger partial charge in [0.15, 0.2) is 10.1 Å². The minimum atomic E-state index is -0.421. The monoisotopic (exact) mass is 423 g/mol. The lowest BCUT2D eigenvalue weighted by Crippen LogP contribution is -2.32. The van der Waals surface area contributed by atoms with E-state index in [1.165, 1.54) is 23.1 Å². The van der Waals surface area contributed by atoms with Gasteiger partial charge in [-0.05, 0) is 18.4 Å². The van der Waals surface area contributed by atoms with Gasteiger partial charge in [-0.1, -0.05) is 90.7 Å². The molecule has 1 atom stereocenters.